The number of benzene rings is 2. The van der Waals surface area contributed by atoms with Crippen molar-refractivity contribution >= 4 is 34.8 Å². The van der Waals surface area contributed by atoms with Crippen molar-refractivity contribution in [1.29, 1.82) is 0 Å². The molecule has 1 atom stereocenters. The molecule has 0 unspecified atom stereocenters. The standard InChI is InChI=1S/C21H22ClN3O2/c1-15-4-2-7-18(12-15)25-20(26)14-19(21(25)27)24-10-8-23(9-11-24)17-6-3-5-16(22)13-17/h2-7,12-13,19H,8-11,14H2,1H3/t19-/m0/s1. The van der Waals surface area contributed by atoms with Crippen LogP contribution in [0.4, 0.5) is 11.4 Å². The first kappa shape index (κ1) is 18.0. The molecule has 140 valence electrons. The molecule has 0 N–H and O–H groups in total. The highest BCUT2D eigenvalue weighted by Crippen LogP contribution is 2.28. The van der Waals surface area contributed by atoms with Crippen molar-refractivity contribution in [3.8, 4) is 0 Å². The summed E-state index contributed by atoms with van der Waals surface area (Å²) in [7, 11) is 0. The van der Waals surface area contributed by atoms with Crippen molar-refractivity contribution in [2.24, 2.45) is 0 Å². The Labute approximate surface area is 164 Å². The first-order valence-electron chi connectivity index (χ1n) is 9.21. The number of amides is 2. The van der Waals surface area contributed by atoms with Crippen molar-refractivity contribution in [3.63, 3.8) is 0 Å². The predicted octanol–water partition coefficient (Wildman–Crippen LogP) is 3.10. The van der Waals surface area contributed by atoms with Gasteiger partial charge in [0.25, 0.3) is 5.91 Å². The summed E-state index contributed by atoms with van der Waals surface area (Å²) in [4.78, 5) is 31.2. The summed E-state index contributed by atoms with van der Waals surface area (Å²) in [6.07, 6.45) is 0.254. The highest BCUT2D eigenvalue weighted by atomic mass is 35.5. The van der Waals surface area contributed by atoms with Gasteiger partial charge in [0.05, 0.1) is 18.2 Å². The van der Waals surface area contributed by atoms with Gasteiger partial charge in [0.1, 0.15) is 0 Å². The third-order valence-electron chi connectivity index (χ3n) is 5.31. The second kappa shape index (κ2) is 7.33. The Morgan fingerprint density at radius 3 is 2.33 bits per heavy atom. The van der Waals surface area contributed by atoms with Gasteiger partial charge in [-0.25, -0.2) is 4.90 Å². The number of aryl methyl sites for hydroxylation is 1. The Bertz CT molecular complexity index is 877. The average molecular weight is 384 g/mol. The van der Waals surface area contributed by atoms with E-state index in [9.17, 15) is 9.59 Å². The number of hydrogen-bond donors (Lipinski definition) is 0. The van der Waals surface area contributed by atoms with Crippen molar-refractivity contribution in [2.75, 3.05) is 36.0 Å². The lowest BCUT2D eigenvalue weighted by Gasteiger charge is -2.38. The number of rotatable bonds is 3. The topological polar surface area (TPSA) is 43.9 Å². The summed E-state index contributed by atoms with van der Waals surface area (Å²) in [5.74, 6) is -0.227. The minimum absolute atomic E-state index is 0.109. The van der Waals surface area contributed by atoms with Crippen LogP contribution in [0.15, 0.2) is 48.5 Å². The number of halogens is 1. The van der Waals surface area contributed by atoms with Crippen LogP contribution in [0.2, 0.25) is 5.02 Å². The number of carbonyl (C=O) groups is 2. The van der Waals surface area contributed by atoms with Crippen molar-refractivity contribution in [2.45, 2.75) is 19.4 Å². The van der Waals surface area contributed by atoms with Gasteiger partial charge in [-0.15, -0.1) is 0 Å². The van der Waals surface area contributed by atoms with Gasteiger partial charge in [-0.05, 0) is 42.8 Å². The molecule has 2 heterocycles. The first-order chi connectivity index (χ1) is 13.0. The Morgan fingerprint density at radius 2 is 1.63 bits per heavy atom. The molecule has 2 aliphatic heterocycles. The van der Waals surface area contributed by atoms with Crippen LogP contribution in [0.25, 0.3) is 0 Å². The van der Waals surface area contributed by atoms with Crippen molar-refractivity contribution in [3.05, 3.63) is 59.1 Å². The van der Waals surface area contributed by atoms with Crippen LogP contribution in [0, 0.1) is 6.92 Å². The Hall–Kier alpha value is -2.37. The van der Waals surface area contributed by atoms with E-state index in [1.165, 1.54) is 4.90 Å². The molecule has 0 aliphatic carbocycles. The van der Waals surface area contributed by atoms with E-state index >= 15 is 0 Å². The molecule has 2 amide bonds. The van der Waals surface area contributed by atoms with E-state index in [-0.39, 0.29) is 24.3 Å². The molecule has 4 rings (SSSR count). The molecule has 2 aromatic carbocycles. The molecule has 6 heteroatoms. The van der Waals surface area contributed by atoms with Crippen LogP contribution in [-0.2, 0) is 9.59 Å². The van der Waals surface area contributed by atoms with Crippen LogP contribution in [0.1, 0.15) is 12.0 Å². The van der Waals surface area contributed by atoms with E-state index < -0.39 is 0 Å². The van der Waals surface area contributed by atoms with Gasteiger partial charge in [-0.1, -0.05) is 29.8 Å². The second-order valence-corrected chi connectivity index (χ2v) is 7.57. The van der Waals surface area contributed by atoms with Crippen LogP contribution in [-0.4, -0.2) is 48.9 Å². The zero-order valence-electron chi connectivity index (χ0n) is 15.3. The summed E-state index contributed by atoms with van der Waals surface area (Å²) in [5, 5.41) is 0.722. The molecule has 0 saturated carbocycles. The number of piperazine rings is 1. The summed E-state index contributed by atoms with van der Waals surface area (Å²) < 4.78 is 0. The van der Waals surface area contributed by atoms with Gasteiger partial charge in [0, 0.05) is 36.9 Å². The largest absolute Gasteiger partial charge is 0.369 e. The minimum atomic E-state index is -0.362. The fraction of sp³-hybridized carbons (Fsp3) is 0.333. The van der Waals surface area contributed by atoms with Gasteiger partial charge in [-0.2, -0.15) is 0 Å². The van der Waals surface area contributed by atoms with Gasteiger partial charge < -0.3 is 4.90 Å². The molecule has 0 radical (unpaired) electrons. The van der Waals surface area contributed by atoms with Crippen LogP contribution < -0.4 is 9.80 Å². The highest BCUT2D eigenvalue weighted by Gasteiger charge is 2.43. The molecule has 2 aromatic rings. The lowest BCUT2D eigenvalue weighted by Crippen LogP contribution is -2.52. The second-order valence-electron chi connectivity index (χ2n) is 7.13. The van der Waals surface area contributed by atoms with Crippen LogP contribution >= 0.6 is 11.6 Å². The van der Waals surface area contributed by atoms with Gasteiger partial charge in [-0.3, -0.25) is 14.5 Å². The fourth-order valence-corrected chi connectivity index (χ4v) is 4.09. The maximum atomic E-state index is 13.0. The van der Waals surface area contributed by atoms with E-state index in [0.29, 0.717) is 5.69 Å². The molecule has 0 aromatic heterocycles. The molecule has 0 bridgehead atoms. The van der Waals surface area contributed by atoms with Gasteiger partial charge in [0.2, 0.25) is 5.91 Å². The number of imide groups is 1. The fourth-order valence-electron chi connectivity index (χ4n) is 3.90. The Kier molecular flexibility index (Phi) is 4.89. The van der Waals surface area contributed by atoms with E-state index in [2.05, 4.69) is 9.80 Å². The van der Waals surface area contributed by atoms with E-state index in [4.69, 9.17) is 11.6 Å². The molecular weight excluding hydrogens is 362 g/mol. The Morgan fingerprint density at radius 1 is 0.926 bits per heavy atom. The van der Waals surface area contributed by atoms with E-state index in [1.54, 1.807) is 0 Å². The van der Waals surface area contributed by atoms with E-state index in [1.807, 2.05) is 55.5 Å². The van der Waals surface area contributed by atoms with Gasteiger partial charge in [0.15, 0.2) is 0 Å². The monoisotopic (exact) mass is 383 g/mol. The summed E-state index contributed by atoms with van der Waals surface area (Å²) in [5.41, 5.74) is 2.80. The molecule has 2 fully saturated rings. The number of anilines is 2. The summed E-state index contributed by atoms with van der Waals surface area (Å²) in [6.45, 7) is 5.07. The molecule has 5 nitrogen and oxygen atoms in total. The van der Waals surface area contributed by atoms with E-state index in [0.717, 1.165) is 42.5 Å². The lowest BCUT2D eigenvalue weighted by molar-refractivity contribution is -0.123. The molecule has 2 saturated heterocycles. The summed E-state index contributed by atoms with van der Waals surface area (Å²) >= 11 is 6.09. The zero-order chi connectivity index (χ0) is 19.0. The molecule has 27 heavy (non-hydrogen) atoms. The first-order valence-corrected chi connectivity index (χ1v) is 9.59. The van der Waals surface area contributed by atoms with Crippen molar-refractivity contribution in [1.82, 2.24) is 4.90 Å². The highest BCUT2D eigenvalue weighted by molar-refractivity contribution is 6.30. The van der Waals surface area contributed by atoms with Crippen molar-refractivity contribution < 1.29 is 9.59 Å². The zero-order valence-corrected chi connectivity index (χ0v) is 16.0. The SMILES string of the molecule is Cc1cccc(N2C(=O)C[C@H](N3CCN(c4cccc(Cl)c4)CC3)C2=O)c1. The average Bonchev–Trinajstić information content (AvgIpc) is 2.96. The quantitative estimate of drug-likeness (QED) is 0.764. The maximum Gasteiger partial charge on any atom is 0.251 e. The Balaban J connectivity index is 1.44. The van der Waals surface area contributed by atoms with Crippen LogP contribution in [0.5, 0.6) is 0 Å². The number of hydrogen-bond acceptors (Lipinski definition) is 4. The third kappa shape index (κ3) is 3.57. The molecule has 2 aliphatic rings. The minimum Gasteiger partial charge on any atom is -0.369 e. The normalized spacial score (nSPS) is 21.2. The van der Waals surface area contributed by atoms with Crippen LogP contribution in [0.3, 0.4) is 0 Å². The number of carbonyl (C=O) groups excluding carboxylic acids is 2. The lowest BCUT2D eigenvalue weighted by atomic mass is 10.1. The summed E-state index contributed by atoms with van der Waals surface area (Å²) in [6, 6.07) is 15.0. The number of nitrogens with zero attached hydrogens (tertiary/aromatic N) is 3. The predicted molar refractivity (Wildman–Crippen MR) is 107 cm³/mol. The third-order valence-corrected chi connectivity index (χ3v) is 5.55. The van der Waals surface area contributed by atoms with Gasteiger partial charge >= 0.3 is 0 Å². The molecular formula is C21H22ClN3O2. The smallest absolute Gasteiger partial charge is 0.251 e. The maximum absolute atomic E-state index is 13.0. The molecule has 0 spiro atoms.